The van der Waals surface area contributed by atoms with Crippen molar-refractivity contribution in [3.63, 3.8) is 0 Å². The van der Waals surface area contributed by atoms with E-state index in [9.17, 15) is 18.0 Å². The lowest BCUT2D eigenvalue weighted by atomic mass is 9.96. The molecule has 1 atom stereocenters. The first-order valence-electron chi connectivity index (χ1n) is 6.70. The van der Waals surface area contributed by atoms with Crippen molar-refractivity contribution in [2.24, 2.45) is 5.92 Å². The van der Waals surface area contributed by atoms with Crippen LogP contribution in [0.5, 0.6) is 0 Å². The summed E-state index contributed by atoms with van der Waals surface area (Å²) < 4.78 is 38.6. The average Bonchev–Trinajstić information content (AvgIpc) is 2.45. The van der Waals surface area contributed by atoms with Crippen LogP contribution in [-0.2, 0) is 6.18 Å². The van der Waals surface area contributed by atoms with Gasteiger partial charge in [0.15, 0.2) is 0 Å². The van der Waals surface area contributed by atoms with Gasteiger partial charge in [0.1, 0.15) is 0 Å². The number of carbonyl (C=O) groups is 1. The maximum atomic E-state index is 12.9. The van der Waals surface area contributed by atoms with Gasteiger partial charge >= 0.3 is 12.3 Å². The van der Waals surface area contributed by atoms with E-state index in [1.807, 2.05) is 0 Å². The summed E-state index contributed by atoms with van der Waals surface area (Å²) in [6.45, 7) is 0.818. The van der Waals surface area contributed by atoms with E-state index in [0.717, 1.165) is 18.9 Å². The van der Waals surface area contributed by atoms with Gasteiger partial charge in [-0.3, -0.25) is 0 Å². The van der Waals surface area contributed by atoms with Gasteiger partial charge in [0.25, 0.3) is 0 Å². The van der Waals surface area contributed by atoms with Gasteiger partial charge in [0, 0.05) is 13.1 Å². The lowest BCUT2D eigenvalue weighted by molar-refractivity contribution is -0.137. The smallest absolute Gasteiger partial charge is 0.416 e. The molecule has 1 N–H and O–H groups in total. The summed E-state index contributed by atoms with van der Waals surface area (Å²) in [5, 5.41) is 8.95. The van der Waals surface area contributed by atoms with Gasteiger partial charge in [-0.1, -0.05) is 30.4 Å². The molecule has 0 spiro atoms. The highest BCUT2D eigenvalue weighted by molar-refractivity contribution is 5.65. The van der Waals surface area contributed by atoms with Crippen molar-refractivity contribution in [2.75, 3.05) is 13.1 Å². The maximum Gasteiger partial charge on any atom is 0.416 e. The maximum absolute atomic E-state index is 12.9. The standard InChI is InChI=1S/C15H16F3NO2/c16-15(17,18)13-6-2-1-5-12(13)8-7-11-4-3-9-19(10-11)14(20)21/h1-2,5-8,11H,3-4,9-10H2,(H,20,21)/b8-7+/t11-/m1/s1. The van der Waals surface area contributed by atoms with Crippen molar-refractivity contribution in [3.05, 3.63) is 41.5 Å². The Morgan fingerprint density at radius 3 is 2.71 bits per heavy atom. The van der Waals surface area contributed by atoms with E-state index in [4.69, 9.17) is 5.11 Å². The molecule has 1 heterocycles. The van der Waals surface area contributed by atoms with Gasteiger partial charge in [-0.25, -0.2) is 4.79 Å². The molecule has 3 nitrogen and oxygen atoms in total. The zero-order chi connectivity index (χ0) is 15.5. The minimum atomic E-state index is -4.39. The van der Waals surface area contributed by atoms with E-state index >= 15 is 0 Å². The first-order chi connectivity index (χ1) is 9.88. The molecule has 0 aliphatic carbocycles. The van der Waals surface area contributed by atoms with Crippen molar-refractivity contribution < 1.29 is 23.1 Å². The van der Waals surface area contributed by atoms with E-state index in [1.165, 1.54) is 23.1 Å². The highest BCUT2D eigenvalue weighted by Crippen LogP contribution is 2.32. The Hall–Kier alpha value is -1.98. The number of benzene rings is 1. The second-order valence-corrected chi connectivity index (χ2v) is 5.08. The Morgan fingerprint density at radius 1 is 1.33 bits per heavy atom. The number of alkyl halides is 3. The summed E-state index contributed by atoms with van der Waals surface area (Å²) in [4.78, 5) is 12.2. The number of hydrogen-bond acceptors (Lipinski definition) is 1. The number of hydrogen-bond donors (Lipinski definition) is 1. The molecule has 6 heteroatoms. The van der Waals surface area contributed by atoms with Crippen LogP contribution < -0.4 is 0 Å². The zero-order valence-electron chi connectivity index (χ0n) is 11.3. The van der Waals surface area contributed by atoms with Crippen LogP contribution in [0.25, 0.3) is 6.08 Å². The van der Waals surface area contributed by atoms with Gasteiger partial charge in [0.2, 0.25) is 0 Å². The molecule has 21 heavy (non-hydrogen) atoms. The van der Waals surface area contributed by atoms with Crippen molar-refractivity contribution >= 4 is 12.2 Å². The van der Waals surface area contributed by atoms with Crippen LogP contribution in [0, 0.1) is 5.92 Å². The Kier molecular flexibility index (Phi) is 4.55. The first-order valence-corrected chi connectivity index (χ1v) is 6.70. The van der Waals surface area contributed by atoms with Crippen LogP contribution in [-0.4, -0.2) is 29.2 Å². The minimum Gasteiger partial charge on any atom is -0.465 e. The van der Waals surface area contributed by atoms with Crippen molar-refractivity contribution in [1.82, 2.24) is 4.90 Å². The van der Waals surface area contributed by atoms with E-state index in [2.05, 4.69) is 0 Å². The lowest BCUT2D eigenvalue weighted by Crippen LogP contribution is -2.38. The third kappa shape index (κ3) is 4.00. The summed E-state index contributed by atoms with van der Waals surface area (Å²) in [5.41, 5.74) is -0.565. The molecule has 0 unspecified atom stereocenters. The third-order valence-electron chi connectivity index (χ3n) is 3.54. The fourth-order valence-corrected chi connectivity index (χ4v) is 2.48. The highest BCUT2D eigenvalue weighted by Gasteiger charge is 2.32. The quantitative estimate of drug-likeness (QED) is 0.892. The molecule has 0 saturated carbocycles. The second-order valence-electron chi connectivity index (χ2n) is 5.08. The number of rotatable bonds is 2. The molecular weight excluding hydrogens is 283 g/mol. The average molecular weight is 299 g/mol. The molecule has 1 aromatic rings. The number of piperidine rings is 1. The molecule has 2 rings (SSSR count). The van der Waals surface area contributed by atoms with Crippen molar-refractivity contribution in [1.29, 1.82) is 0 Å². The normalized spacial score (nSPS) is 20.0. The van der Waals surface area contributed by atoms with Gasteiger partial charge in [-0.15, -0.1) is 0 Å². The predicted octanol–water partition coefficient (Wildman–Crippen LogP) is 4.11. The Morgan fingerprint density at radius 2 is 2.05 bits per heavy atom. The Bertz CT molecular complexity index is 540. The minimum absolute atomic E-state index is 0.0452. The molecule has 1 aromatic carbocycles. The summed E-state index contributed by atoms with van der Waals surface area (Å²) in [5.74, 6) is -0.0452. The Balaban J connectivity index is 2.13. The molecule has 114 valence electrons. The van der Waals surface area contributed by atoms with Gasteiger partial charge in [-0.05, 0) is 30.4 Å². The largest absolute Gasteiger partial charge is 0.465 e. The summed E-state index contributed by atoms with van der Waals surface area (Å²) >= 11 is 0. The van der Waals surface area contributed by atoms with Crippen LogP contribution in [0.2, 0.25) is 0 Å². The third-order valence-corrected chi connectivity index (χ3v) is 3.54. The topological polar surface area (TPSA) is 40.5 Å². The molecular formula is C15H16F3NO2. The molecule has 1 fully saturated rings. The van der Waals surface area contributed by atoms with Gasteiger partial charge in [0.05, 0.1) is 5.56 Å². The summed E-state index contributed by atoms with van der Waals surface area (Å²) in [7, 11) is 0. The van der Waals surface area contributed by atoms with E-state index < -0.39 is 17.8 Å². The van der Waals surface area contributed by atoms with Gasteiger partial charge in [-0.2, -0.15) is 13.2 Å². The number of likely N-dealkylation sites (tertiary alicyclic amines) is 1. The molecule has 0 radical (unpaired) electrons. The first kappa shape index (κ1) is 15.4. The van der Waals surface area contributed by atoms with E-state index in [1.54, 1.807) is 12.1 Å². The Labute approximate surface area is 120 Å². The van der Waals surface area contributed by atoms with Crippen molar-refractivity contribution in [2.45, 2.75) is 19.0 Å². The summed E-state index contributed by atoms with van der Waals surface area (Å²) in [6, 6.07) is 5.37. The number of nitrogens with zero attached hydrogens (tertiary/aromatic N) is 1. The summed E-state index contributed by atoms with van der Waals surface area (Å²) in [6.07, 6.45) is -0.737. The molecule has 0 aromatic heterocycles. The molecule has 0 bridgehead atoms. The molecule has 1 amide bonds. The van der Waals surface area contributed by atoms with Crippen LogP contribution >= 0.6 is 0 Å². The van der Waals surface area contributed by atoms with E-state index in [-0.39, 0.29) is 11.5 Å². The molecule has 1 aliphatic rings. The second kappa shape index (κ2) is 6.20. The molecule has 1 saturated heterocycles. The van der Waals surface area contributed by atoms with Gasteiger partial charge < -0.3 is 10.0 Å². The van der Waals surface area contributed by atoms with Crippen molar-refractivity contribution in [3.8, 4) is 0 Å². The number of amides is 1. The highest BCUT2D eigenvalue weighted by atomic mass is 19.4. The van der Waals surface area contributed by atoms with Crippen LogP contribution in [0.4, 0.5) is 18.0 Å². The fraction of sp³-hybridized carbons (Fsp3) is 0.400. The van der Waals surface area contributed by atoms with Crippen LogP contribution in [0.15, 0.2) is 30.3 Å². The number of halogens is 3. The zero-order valence-corrected chi connectivity index (χ0v) is 11.3. The fourth-order valence-electron chi connectivity index (χ4n) is 2.48. The van der Waals surface area contributed by atoms with Crippen LogP contribution in [0.1, 0.15) is 24.0 Å². The predicted molar refractivity (Wildman–Crippen MR) is 72.8 cm³/mol. The molecule has 1 aliphatic heterocycles. The number of carboxylic acid groups (broad SMARTS) is 1. The van der Waals surface area contributed by atoms with Crippen LogP contribution in [0.3, 0.4) is 0 Å². The lowest BCUT2D eigenvalue weighted by Gasteiger charge is -2.29. The SMILES string of the molecule is O=C(O)N1CCC[C@H](/C=C/c2ccccc2C(F)(F)F)C1. The van der Waals surface area contributed by atoms with E-state index in [0.29, 0.717) is 13.1 Å². The monoisotopic (exact) mass is 299 g/mol.